The van der Waals surface area contributed by atoms with Crippen LogP contribution >= 0.6 is 0 Å². The molecule has 4 aromatic rings. The molecule has 0 aromatic heterocycles. The standard InChI is InChI=1S/C24H20B.C12H25SiTe/c1-5-13-21(14-6-1)25(22-15-7-2-8-16-22,23-17-9-3-10-18-23)24-19-11-4-12-20-24;1-11-7-8-12(2)14(11)10-6-9-13(3,4)5/h1-20H;6,9,11-12H,7-8,10H2,1-5H3/q-1;+1/b;9-6+/t;11-,12-/m.1/s1. The van der Waals surface area contributed by atoms with Crippen LogP contribution < -0.4 is 21.9 Å². The molecule has 1 fully saturated rings. The number of hydrogen-bond donors (Lipinski definition) is 0. The van der Waals surface area contributed by atoms with Gasteiger partial charge in [-0.05, 0) is 0 Å². The van der Waals surface area contributed by atoms with Crippen LogP contribution in [0.1, 0.15) is 26.7 Å². The van der Waals surface area contributed by atoms with Gasteiger partial charge in [0.25, 0.3) is 0 Å². The summed E-state index contributed by atoms with van der Waals surface area (Å²) in [5.74, 6) is 0. The normalized spacial score (nSPS) is 18.1. The smallest absolute Gasteiger partial charge is 0.108 e. The van der Waals surface area contributed by atoms with E-state index in [2.05, 4.69) is 167 Å². The van der Waals surface area contributed by atoms with Crippen LogP contribution in [0, 0.1) is 0 Å². The molecule has 1 aliphatic rings. The maximum atomic E-state index is 2.55. The van der Waals surface area contributed by atoms with Crippen molar-refractivity contribution in [1.29, 1.82) is 0 Å². The molecule has 0 saturated carbocycles. The van der Waals surface area contributed by atoms with Crippen molar-refractivity contribution in [2.24, 2.45) is 0 Å². The zero-order valence-electron chi connectivity index (χ0n) is 24.5. The molecule has 1 heterocycles. The molecule has 4 aromatic carbocycles. The minimum Gasteiger partial charge on any atom is -0.195 e. The van der Waals surface area contributed by atoms with Crippen LogP contribution in [0.5, 0.6) is 0 Å². The largest absolute Gasteiger partial charge is 0.195 e. The third-order valence-corrected chi connectivity index (χ3v) is 18.2. The van der Waals surface area contributed by atoms with E-state index < -0.39 is 33.8 Å². The van der Waals surface area contributed by atoms with Crippen molar-refractivity contribution in [3.05, 3.63) is 133 Å². The SMILES string of the molecule is C[C@@H]1CC[C@@H](C)[Te+]1C/C=C/[Si](C)(C)C.c1ccc([B-](c2ccccc2)(c2ccccc2)c2ccccc2)cc1. The third kappa shape index (κ3) is 7.46. The third-order valence-electron chi connectivity index (χ3n) is 8.12. The topological polar surface area (TPSA) is 0 Å². The molecular weight excluding hydrogens is 599 g/mol. The van der Waals surface area contributed by atoms with E-state index in [1.807, 2.05) is 0 Å². The van der Waals surface area contributed by atoms with Crippen LogP contribution in [-0.4, -0.2) is 33.8 Å². The molecule has 0 nitrogen and oxygen atoms in total. The summed E-state index contributed by atoms with van der Waals surface area (Å²) in [6.45, 7) is 12.3. The summed E-state index contributed by atoms with van der Waals surface area (Å²) >= 11 is -0.733. The number of rotatable bonds is 7. The summed E-state index contributed by atoms with van der Waals surface area (Å²) in [5, 5.41) is 0. The number of benzene rings is 4. The van der Waals surface area contributed by atoms with Gasteiger partial charge < -0.3 is 0 Å². The monoisotopic (exact) mass is 646 g/mol. The van der Waals surface area contributed by atoms with Gasteiger partial charge in [0.2, 0.25) is 0 Å². The van der Waals surface area contributed by atoms with Crippen molar-refractivity contribution >= 4 is 55.6 Å². The molecule has 0 radical (unpaired) electrons. The van der Waals surface area contributed by atoms with Gasteiger partial charge in [-0.2, -0.15) is 21.9 Å². The minimum absolute atomic E-state index is 0.733. The molecular formula is C36H45BSiTe. The quantitative estimate of drug-likeness (QED) is 0.183. The Morgan fingerprint density at radius 2 is 0.897 bits per heavy atom. The molecule has 202 valence electrons. The average molecular weight is 644 g/mol. The van der Waals surface area contributed by atoms with Crippen LogP contribution in [0.15, 0.2) is 133 Å². The summed E-state index contributed by atoms with van der Waals surface area (Å²) < 4.78 is 3.75. The molecule has 0 bridgehead atoms. The first-order valence-corrected chi connectivity index (χ1v) is 22.5. The van der Waals surface area contributed by atoms with Gasteiger partial charge in [0.1, 0.15) is 6.15 Å². The molecule has 0 aliphatic carbocycles. The Morgan fingerprint density at radius 3 is 1.18 bits per heavy atom. The zero-order valence-corrected chi connectivity index (χ0v) is 27.8. The molecule has 1 aliphatic heterocycles. The fourth-order valence-electron chi connectivity index (χ4n) is 6.13. The predicted molar refractivity (Wildman–Crippen MR) is 181 cm³/mol. The first-order chi connectivity index (χ1) is 18.8. The van der Waals surface area contributed by atoms with Gasteiger partial charge in [-0.25, -0.2) is 0 Å². The van der Waals surface area contributed by atoms with Crippen molar-refractivity contribution in [2.75, 3.05) is 0 Å². The van der Waals surface area contributed by atoms with Crippen molar-refractivity contribution in [3.63, 3.8) is 0 Å². The first-order valence-electron chi connectivity index (χ1n) is 14.6. The Labute approximate surface area is 246 Å². The van der Waals surface area contributed by atoms with E-state index in [-0.39, 0.29) is 0 Å². The number of hydrogen-bond acceptors (Lipinski definition) is 0. The second-order valence-electron chi connectivity index (χ2n) is 12.1. The van der Waals surface area contributed by atoms with Gasteiger partial charge in [-0.1, -0.05) is 121 Å². The van der Waals surface area contributed by atoms with Crippen molar-refractivity contribution in [1.82, 2.24) is 0 Å². The maximum Gasteiger partial charge on any atom is 0.108 e. The summed E-state index contributed by atoms with van der Waals surface area (Å²) in [5.41, 5.74) is 7.90. The van der Waals surface area contributed by atoms with Crippen molar-refractivity contribution in [3.8, 4) is 0 Å². The first kappa shape index (κ1) is 29.7. The van der Waals surface area contributed by atoms with Gasteiger partial charge in [0.15, 0.2) is 0 Å². The average Bonchev–Trinajstić information content (AvgIpc) is 3.28. The summed E-state index contributed by atoms with van der Waals surface area (Å²) in [6, 6.07) is 43.5. The van der Waals surface area contributed by atoms with Crippen LogP contribution in [0.4, 0.5) is 0 Å². The van der Waals surface area contributed by atoms with Crippen LogP contribution in [-0.2, 0) is 0 Å². The molecule has 0 unspecified atom stereocenters. The minimum atomic E-state index is -1.22. The van der Waals surface area contributed by atoms with E-state index in [1.165, 1.54) is 39.2 Å². The van der Waals surface area contributed by atoms with Gasteiger partial charge in [-0.15, -0.1) is 0 Å². The van der Waals surface area contributed by atoms with Crippen LogP contribution in [0.25, 0.3) is 0 Å². The molecule has 2 atom stereocenters. The molecule has 0 N–H and O–H groups in total. The molecule has 1 saturated heterocycles. The Hall–Kier alpha value is -2.31. The second kappa shape index (κ2) is 13.8. The van der Waals surface area contributed by atoms with Gasteiger partial charge in [-0.3, -0.25) is 0 Å². The zero-order chi connectivity index (χ0) is 27.7. The van der Waals surface area contributed by atoms with E-state index >= 15 is 0 Å². The molecule has 5 rings (SSSR count). The van der Waals surface area contributed by atoms with Crippen LogP contribution in [0.3, 0.4) is 0 Å². The van der Waals surface area contributed by atoms with Gasteiger partial charge in [0, 0.05) is 0 Å². The van der Waals surface area contributed by atoms with E-state index in [9.17, 15) is 0 Å². The van der Waals surface area contributed by atoms with Crippen molar-refractivity contribution < 1.29 is 0 Å². The Morgan fingerprint density at radius 1 is 0.590 bits per heavy atom. The molecule has 0 amide bonds. The Bertz CT molecular complexity index is 1110. The van der Waals surface area contributed by atoms with E-state index in [4.69, 9.17) is 0 Å². The Kier molecular flexibility index (Phi) is 10.5. The fourth-order valence-corrected chi connectivity index (χ4v) is 15.0. The van der Waals surface area contributed by atoms with Gasteiger partial charge in [0.05, 0.1) is 0 Å². The second-order valence-corrected chi connectivity index (χ2v) is 25.4. The van der Waals surface area contributed by atoms with E-state index in [1.54, 1.807) is 0 Å². The molecule has 3 heteroatoms. The maximum absolute atomic E-state index is 2.55. The molecule has 39 heavy (non-hydrogen) atoms. The van der Waals surface area contributed by atoms with Gasteiger partial charge >= 0.3 is 98.1 Å². The Balaban J connectivity index is 0.000000215. The summed E-state index contributed by atoms with van der Waals surface area (Å²) in [6.07, 6.45) is 4.38. The fraction of sp³-hybridized carbons (Fsp3) is 0.278. The van der Waals surface area contributed by atoms with E-state index in [0.29, 0.717) is 0 Å². The van der Waals surface area contributed by atoms with E-state index in [0.717, 1.165) is 7.93 Å². The van der Waals surface area contributed by atoms with Crippen molar-refractivity contribution in [2.45, 2.75) is 58.7 Å². The van der Waals surface area contributed by atoms with Crippen LogP contribution in [0.2, 0.25) is 32.0 Å². The number of allylic oxidation sites excluding steroid dienone is 1. The predicted octanol–water partition coefficient (Wildman–Crippen LogP) is 7.55. The summed E-state index contributed by atoms with van der Waals surface area (Å²) in [4.78, 5) is 0. The molecule has 0 spiro atoms. The summed E-state index contributed by atoms with van der Waals surface area (Å²) in [7, 11) is -0.927.